The van der Waals surface area contributed by atoms with Crippen molar-refractivity contribution in [1.29, 1.82) is 0 Å². The number of esters is 1. The Kier molecular flexibility index (Phi) is 17.8. The lowest BCUT2D eigenvalue weighted by molar-refractivity contribution is -0.148. The van der Waals surface area contributed by atoms with E-state index in [4.69, 9.17) is 28.8 Å². The molecule has 14 atom stereocenters. The first-order chi connectivity index (χ1) is 27.5. The van der Waals surface area contributed by atoms with Crippen LogP contribution in [0.25, 0.3) is 0 Å². The van der Waals surface area contributed by atoms with E-state index in [9.17, 15) is 19.8 Å². The van der Waals surface area contributed by atoms with Crippen molar-refractivity contribution in [3.05, 3.63) is 96.7 Å². The molecular formula is C47H66O10. The third kappa shape index (κ3) is 14.1. The molecule has 0 aromatic heterocycles. The SMILES string of the molecule is C/C(=C\[C@H](C)CCCCC(=O)O)[C@@H]1O[C@@H]2C=C[C@@H]1OC(=O)C=CC=CC=C[C@H]1O[C@@H]3C[C@H]1O[C@@H](C=CC[C@H]1O[C@@H](C[C@@H](O)C=CCCC=CC2)C[C@H](O)[C@H]1C)[C@@H]3C. The summed E-state index contributed by atoms with van der Waals surface area (Å²) >= 11 is 0. The zero-order valence-electron chi connectivity index (χ0n) is 34.2. The second kappa shape index (κ2) is 22.7. The van der Waals surface area contributed by atoms with Crippen LogP contribution in [-0.4, -0.2) is 94.4 Å². The van der Waals surface area contributed by atoms with Gasteiger partial charge in [0.15, 0.2) is 6.10 Å². The number of hydrogen-bond acceptors (Lipinski definition) is 9. The van der Waals surface area contributed by atoms with Crippen LogP contribution in [0.3, 0.4) is 0 Å². The van der Waals surface area contributed by atoms with Gasteiger partial charge in [0.1, 0.15) is 12.2 Å². The van der Waals surface area contributed by atoms with E-state index in [0.29, 0.717) is 32.1 Å². The van der Waals surface area contributed by atoms with Crippen molar-refractivity contribution in [3.63, 3.8) is 0 Å². The molecule has 6 heterocycles. The van der Waals surface area contributed by atoms with Crippen LogP contribution in [-0.2, 0) is 33.3 Å². The fourth-order valence-electron chi connectivity index (χ4n) is 8.40. The molecule has 3 saturated heterocycles. The number of allylic oxidation sites excluding steroid dienone is 7. The maximum atomic E-state index is 13.0. The molecular weight excluding hydrogens is 725 g/mol. The van der Waals surface area contributed by atoms with Crippen molar-refractivity contribution in [1.82, 2.24) is 0 Å². The fraction of sp³-hybridized carbons (Fsp3) is 0.617. The molecule has 0 spiro atoms. The van der Waals surface area contributed by atoms with Crippen molar-refractivity contribution in [2.45, 2.75) is 165 Å². The molecule has 57 heavy (non-hydrogen) atoms. The minimum Gasteiger partial charge on any atom is -0.481 e. The third-order valence-corrected chi connectivity index (χ3v) is 11.8. The highest BCUT2D eigenvalue weighted by atomic mass is 16.6. The van der Waals surface area contributed by atoms with Gasteiger partial charge in [-0.05, 0) is 69.4 Å². The third-order valence-electron chi connectivity index (χ3n) is 11.8. The van der Waals surface area contributed by atoms with E-state index in [1.807, 2.05) is 56.4 Å². The molecule has 6 aliphatic heterocycles. The number of unbranched alkanes of at least 4 members (excludes halogenated alkanes) is 1. The molecule has 3 fully saturated rings. The summed E-state index contributed by atoms with van der Waals surface area (Å²) < 4.78 is 31.7. The van der Waals surface area contributed by atoms with E-state index in [1.54, 1.807) is 12.2 Å². The smallest absolute Gasteiger partial charge is 0.331 e. The van der Waals surface area contributed by atoms with Gasteiger partial charge in [0.05, 0.1) is 48.8 Å². The lowest BCUT2D eigenvalue weighted by atomic mass is 9.86. The van der Waals surface area contributed by atoms with Crippen LogP contribution in [0.4, 0.5) is 0 Å². The van der Waals surface area contributed by atoms with Gasteiger partial charge in [-0.25, -0.2) is 4.79 Å². The number of carboxylic acids is 1. The van der Waals surface area contributed by atoms with Crippen LogP contribution in [0.2, 0.25) is 0 Å². The van der Waals surface area contributed by atoms with Crippen molar-refractivity contribution >= 4 is 11.9 Å². The van der Waals surface area contributed by atoms with Crippen molar-refractivity contribution < 1.29 is 48.6 Å². The number of fused-ring (bicyclic) bond motifs is 13. The summed E-state index contributed by atoms with van der Waals surface area (Å²) in [6.45, 7) is 8.29. The Hall–Kier alpha value is -3.38. The Morgan fingerprint density at radius 2 is 1.56 bits per heavy atom. The minimum absolute atomic E-state index is 0.0184. The number of rotatable bonds is 7. The average Bonchev–Trinajstić information content (AvgIpc) is 3.52. The molecule has 0 saturated carbocycles. The molecule has 0 aromatic carbocycles. The number of aliphatic hydroxyl groups excluding tert-OH is 2. The van der Waals surface area contributed by atoms with Crippen LogP contribution in [0.15, 0.2) is 96.7 Å². The number of carbonyl (C=O) groups excluding carboxylic acids is 1. The number of aliphatic hydroxyl groups is 2. The molecule has 6 aliphatic rings. The molecule has 0 amide bonds. The lowest BCUT2D eigenvalue weighted by Crippen LogP contribution is -2.43. The minimum atomic E-state index is -0.777. The summed E-state index contributed by atoms with van der Waals surface area (Å²) in [5.74, 6) is -0.875. The van der Waals surface area contributed by atoms with Gasteiger partial charge in [0.25, 0.3) is 0 Å². The standard InChI is InChI=1S/C47H66O10/c1-31(17-14-15-23-45(50)51)27-32(2)47-42-26-25-36(54-47)19-11-7-5-6-10-18-35(48)28-37-29-38(49)33(3)39(53-37)21-16-22-40-34(4)43-30-44(55-40)41(56-43)20-12-8-9-13-24-46(52)57-42/h7-13,16,18,20,22,24-27,31,33-44,47-49H,5-6,14-15,17,19,21,23,28-30H2,1-4H3,(H,50,51)/b9-8?,11-7?,18-10?,20-12?,22-16?,24-13?,32-27+/t31-,33-,34+,35+,36+,37+,38+,39-,40+,41-,42+,43-,44-,47+/m1/s1. The summed E-state index contributed by atoms with van der Waals surface area (Å²) in [5.41, 5.74) is 0.966. The summed E-state index contributed by atoms with van der Waals surface area (Å²) in [4.78, 5) is 23.9. The topological polar surface area (TPSA) is 141 Å². The summed E-state index contributed by atoms with van der Waals surface area (Å²) in [6, 6.07) is 0. The Bertz CT molecular complexity index is 1540. The van der Waals surface area contributed by atoms with E-state index in [2.05, 4.69) is 44.2 Å². The highest BCUT2D eigenvalue weighted by Crippen LogP contribution is 2.38. The first-order valence-electron chi connectivity index (χ1n) is 21.2. The zero-order valence-corrected chi connectivity index (χ0v) is 34.2. The first-order valence-corrected chi connectivity index (χ1v) is 21.2. The van der Waals surface area contributed by atoms with Crippen molar-refractivity contribution in [2.24, 2.45) is 17.8 Å². The monoisotopic (exact) mass is 790 g/mol. The van der Waals surface area contributed by atoms with E-state index in [-0.39, 0.29) is 66.9 Å². The highest BCUT2D eigenvalue weighted by Gasteiger charge is 2.45. The van der Waals surface area contributed by atoms with Gasteiger partial charge in [-0.3, -0.25) is 4.79 Å². The Labute approximate surface area is 339 Å². The second-order valence-corrected chi connectivity index (χ2v) is 16.5. The van der Waals surface area contributed by atoms with Gasteiger partial charge in [-0.15, -0.1) is 0 Å². The summed E-state index contributed by atoms with van der Waals surface area (Å²) in [6.07, 6.45) is 33.0. The number of carbonyl (C=O) groups is 2. The normalized spacial score (nSPS) is 37.5. The molecule has 0 radical (unpaired) electrons. The summed E-state index contributed by atoms with van der Waals surface area (Å²) in [7, 11) is 0. The quantitative estimate of drug-likeness (QED) is 0.133. The largest absolute Gasteiger partial charge is 0.481 e. The van der Waals surface area contributed by atoms with Crippen molar-refractivity contribution in [3.8, 4) is 0 Å². The van der Waals surface area contributed by atoms with E-state index in [0.717, 1.165) is 37.7 Å². The van der Waals surface area contributed by atoms with Crippen LogP contribution in [0.1, 0.15) is 98.3 Å². The molecule has 0 aliphatic carbocycles. The Morgan fingerprint density at radius 3 is 2.39 bits per heavy atom. The number of hydrogen-bond donors (Lipinski definition) is 3. The zero-order chi connectivity index (χ0) is 40.7. The average molecular weight is 791 g/mol. The summed E-state index contributed by atoms with van der Waals surface area (Å²) in [5, 5.41) is 30.7. The van der Waals surface area contributed by atoms with Crippen LogP contribution >= 0.6 is 0 Å². The molecule has 7 bridgehead atoms. The Balaban J connectivity index is 1.27. The van der Waals surface area contributed by atoms with Gasteiger partial charge in [0.2, 0.25) is 0 Å². The second-order valence-electron chi connectivity index (χ2n) is 16.5. The maximum absolute atomic E-state index is 13.0. The van der Waals surface area contributed by atoms with Gasteiger partial charge in [0, 0.05) is 37.2 Å². The van der Waals surface area contributed by atoms with E-state index in [1.165, 1.54) is 6.08 Å². The molecule has 10 nitrogen and oxygen atoms in total. The lowest BCUT2D eigenvalue weighted by Gasteiger charge is -2.38. The number of carboxylic acid groups (broad SMARTS) is 1. The van der Waals surface area contributed by atoms with Crippen LogP contribution in [0.5, 0.6) is 0 Å². The van der Waals surface area contributed by atoms with Crippen LogP contribution < -0.4 is 0 Å². The molecule has 10 heteroatoms. The van der Waals surface area contributed by atoms with Gasteiger partial charge in [-0.2, -0.15) is 0 Å². The van der Waals surface area contributed by atoms with E-state index >= 15 is 0 Å². The fourth-order valence-corrected chi connectivity index (χ4v) is 8.40. The Morgan fingerprint density at radius 1 is 0.772 bits per heavy atom. The van der Waals surface area contributed by atoms with Gasteiger partial charge < -0.3 is 39.0 Å². The highest BCUT2D eigenvalue weighted by molar-refractivity contribution is 5.82. The molecule has 0 unspecified atom stereocenters. The molecule has 3 N–H and O–H groups in total. The first kappa shape index (κ1) is 44.7. The predicted molar refractivity (Wildman–Crippen MR) is 220 cm³/mol. The molecule has 6 rings (SSSR count). The predicted octanol–water partition coefficient (Wildman–Crippen LogP) is 7.83. The molecule has 0 aromatic rings. The number of ether oxygens (including phenoxy) is 5. The van der Waals surface area contributed by atoms with Crippen LogP contribution in [0, 0.1) is 17.8 Å². The maximum Gasteiger partial charge on any atom is 0.331 e. The van der Waals surface area contributed by atoms with Gasteiger partial charge >= 0.3 is 11.9 Å². The van der Waals surface area contributed by atoms with Crippen molar-refractivity contribution in [2.75, 3.05) is 0 Å². The van der Waals surface area contributed by atoms with E-state index < -0.39 is 36.4 Å². The number of aliphatic carboxylic acids is 1. The molecule has 314 valence electrons. The van der Waals surface area contributed by atoms with Gasteiger partial charge in [-0.1, -0.05) is 106 Å².